The van der Waals surface area contributed by atoms with Crippen molar-refractivity contribution in [2.45, 2.75) is 413 Å². The molecule has 0 aromatic rings. The third-order valence-corrected chi connectivity index (χ3v) is 19.6. The second kappa shape index (κ2) is 67.9. The Kier molecular flexibility index (Phi) is 66.5. The molecule has 0 aromatic heterocycles. The van der Waals surface area contributed by atoms with Crippen LogP contribution in [0, 0.1) is 11.8 Å². The van der Waals surface area contributed by atoms with E-state index in [1.165, 1.54) is 205 Å². The van der Waals surface area contributed by atoms with E-state index in [1.54, 1.807) is 0 Å². The molecule has 564 valence electrons. The maximum atomic E-state index is 13.1. The summed E-state index contributed by atoms with van der Waals surface area (Å²) < 4.78 is 68.5. The topological polar surface area (TPSA) is 237 Å². The summed E-state index contributed by atoms with van der Waals surface area (Å²) in [6.07, 6.45) is 55.5. The van der Waals surface area contributed by atoms with Gasteiger partial charge in [-0.1, -0.05) is 343 Å². The van der Waals surface area contributed by atoms with Crippen molar-refractivity contribution in [2.24, 2.45) is 11.8 Å². The molecule has 0 bridgehead atoms. The van der Waals surface area contributed by atoms with E-state index in [2.05, 4.69) is 41.5 Å². The molecule has 0 saturated heterocycles. The molecule has 0 fully saturated rings. The largest absolute Gasteiger partial charge is 0.472 e. The lowest BCUT2D eigenvalue weighted by Gasteiger charge is -2.21. The summed E-state index contributed by atoms with van der Waals surface area (Å²) in [5.74, 6) is -0.556. The van der Waals surface area contributed by atoms with E-state index in [9.17, 15) is 43.2 Å². The summed E-state index contributed by atoms with van der Waals surface area (Å²) in [5.41, 5.74) is 0. The smallest absolute Gasteiger partial charge is 0.462 e. The van der Waals surface area contributed by atoms with Crippen molar-refractivity contribution in [1.82, 2.24) is 0 Å². The van der Waals surface area contributed by atoms with Gasteiger partial charge in [0.15, 0.2) is 12.2 Å². The van der Waals surface area contributed by atoms with Gasteiger partial charge < -0.3 is 33.8 Å². The fraction of sp³-hybridized carbons (Fsp3) is 0.947. The molecule has 3 N–H and O–H groups in total. The molecule has 0 aromatic carbocycles. The highest BCUT2D eigenvalue weighted by Gasteiger charge is 2.30. The molecule has 0 aliphatic carbocycles. The van der Waals surface area contributed by atoms with Gasteiger partial charge in [-0.2, -0.15) is 0 Å². The lowest BCUT2D eigenvalue weighted by molar-refractivity contribution is -0.161. The van der Waals surface area contributed by atoms with Crippen molar-refractivity contribution < 1.29 is 80.2 Å². The highest BCUT2D eigenvalue weighted by Crippen LogP contribution is 2.45. The molecule has 0 aliphatic heterocycles. The van der Waals surface area contributed by atoms with E-state index in [-0.39, 0.29) is 25.7 Å². The average Bonchev–Trinajstić information content (AvgIpc) is 1.51. The van der Waals surface area contributed by atoms with E-state index in [1.807, 2.05) is 0 Å². The van der Waals surface area contributed by atoms with Crippen molar-refractivity contribution in [2.75, 3.05) is 39.6 Å². The summed E-state index contributed by atoms with van der Waals surface area (Å²) in [4.78, 5) is 72.7. The molecule has 0 heterocycles. The van der Waals surface area contributed by atoms with Crippen molar-refractivity contribution in [1.29, 1.82) is 0 Å². The van der Waals surface area contributed by atoms with Gasteiger partial charge in [0.2, 0.25) is 0 Å². The second-order valence-electron chi connectivity index (χ2n) is 28.3. The van der Waals surface area contributed by atoms with Crippen LogP contribution < -0.4 is 0 Å². The van der Waals surface area contributed by atoms with Crippen LogP contribution in [0.1, 0.15) is 395 Å². The lowest BCUT2D eigenvalue weighted by atomic mass is 10.0. The van der Waals surface area contributed by atoms with Gasteiger partial charge in [0.05, 0.1) is 26.4 Å². The first kappa shape index (κ1) is 93.1. The minimum Gasteiger partial charge on any atom is -0.462 e. The number of phosphoric ester groups is 2. The summed E-state index contributed by atoms with van der Waals surface area (Å²) in [6, 6.07) is 0. The second-order valence-corrected chi connectivity index (χ2v) is 31.3. The molecule has 95 heavy (non-hydrogen) atoms. The van der Waals surface area contributed by atoms with E-state index < -0.39 is 97.5 Å². The van der Waals surface area contributed by atoms with Gasteiger partial charge in [-0.15, -0.1) is 0 Å². The SMILES string of the molecule is CCCCCCCCCCCCCCCCCC(=O)OC[C@H](COP(=O)(O)OC[C@@H](O)COP(=O)(O)OC[C@@H](COC(=O)CCCCCCCCCC)OC(=O)CCCCCCCCCCCCC(C)C)OC(=O)CCCCCCCCCCCCCCCCCCC(C)C. The molecular formula is C76H148O17P2. The first-order chi connectivity index (χ1) is 45.9. The molecule has 0 radical (unpaired) electrons. The quantitative estimate of drug-likeness (QED) is 0.0222. The van der Waals surface area contributed by atoms with Crippen LogP contribution in [0.3, 0.4) is 0 Å². The van der Waals surface area contributed by atoms with Crippen molar-refractivity contribution >= 4 is 39.5 Å². The van der Waals surface area contributed by atoms with Crippen LogP contribution in [0.4, 0.5) is 0 Å². The van der Waals surface area contributed by atoms with Crippen LogP contribution >= 0.6 is 15.6 Å². The Bertz CT molecular complexity index is 1840. The van der Waals surface area contributed by atoms with Crippen LogP contribution in [-0.2, 0) is 65.4 Å². The highest BCUT2D eigenvalue weighted by atomic mass is 31.2. The molecule has 0 rings (SSSR count). The fourth-order valence-electron chi connectivity index (χ4n) is 11.7. The van der Waals surface area contributed by atoms with Crippen molar-refractivity contribution in [3.05, 3.63) is 0 Å². The number of hydrogen-bond acceptors (Lipinski definition) is 15. The van der Waals surface area contributed by atoms with Gasteiger partial charge >= 0.3 is 39.5 Å². The number of hydrogen-bond donors (Lipinski definition) is 3. The number of carbonyl (C=O) groups is 4. The van der Waals surface area contributed by atoms with Gasteiger partial charge in [0.1, 0.15) is 19.3 Å². The molecule has 5 atom stereocenters. The van der Waals surface area contributed by atoms with E-state index in [0.29, 0.717) is 25.7 Å². The minimum absolute atomic E-state index is 0.106. The Morgan fingerprint density at radius 2 is 0.484 bits per heavy atom. The molecule has 2 unspecified atom stereocenters. The summed E-state index contributed by atoms with van der Waals surface area (Å²) in [7, 11) is -9.91. The predicted octanol–water partition coefficient (Wildman–Crippen LogP) is 22.3. The van der Waals surface area contributed by atoms with Gasteiger partial charge in [0.25, 0.3) is 0 Å². The Balaban J connectivity index is 5.21. The number of aliphatic hydroxyl groups excluding tert-OH is 1. The third-order valence-electron chi connectivity index (χ3n) is 17.7. The van der Waals surface area contributed by atoms with E-state index in [0.717, 1.165) is 108 Å². The highest BCUT2D eigenvalue weighted by molar-refractivity contribution is 7.47. The number of aliphatic hydroxyl groups is 1. The summed E-state index contributed by atoms with van der Waals surface area (Å²) in [5, 5.41) is 10.6. The van der Waals surface area contributed by atoms with Crippen LogP contribution in [0.2, 0.25) is 0 Å². The Labute approximate surface area is 581 Å². The number of carbonyl (C=O) groups excluding carboxylic acids is 4. The van der Waals surface area contributed by atoms with Crippen LogP contribution in [-0.4, -0.2) is 96.7 Å². The zero-order valence-electron chi connectivity index (χ0n) is 62.0. The van der Waals surface area contributed by atoms with Crippen molar-refractivity contribution in [3.8, 4) is 0 Å². The zero-order valence-corrected chi connectivity index (χ0v) is 63.8. The van der Waals surface area contributed by atoms with E-state index in [4.69, 9.17) is 37.0 Å². The maximum absolute atomic E-state index is 13.1. The number of ether oxygens (including phenoxy) is 4. The number of rotatable bonds is 75. The average molecular weight is 1400 g/mol. The van der Waals surface area contributed by atoms with Crippen LogP contribution in [0.5, 0.6) is 0 Å². The molecule has 0 aliphatic rings. The predicted molar refractivity (Wildman–Crippen MR) is 386 cm³/mol. The fourth-order valence-corrected chi connectivity index (χ4v) is 13.2. The lowest BCUT2D eigenvalue weighted by Crippen LogP contribution is -2.30. The Morgan fingerprint density at radius 3 is 0.716 bits per heavy atom. The summed E-state index contributed by atoms with van der Waals surface area (Å²) in [6.45, 7) is 9.59. The number of esters is 4. The number of unbranched alkanes of at least 4 members (excludes halogenated alkanes) is 45. The van der Waals surface area contributed by atoms with Gasteiger partial charge in [-0.05, 0) is 37.5 Å². The van der Waals surface area contributed by atoms with Crippen LogP contribution in [0.25, 0.3) is 0 Å². The Morgan fingerprint density at radius 1 is 0.284 bits per heavy atom. The standard InChI is InChI=1S/C76H148O17P2/c1-7-9-11-13-15-17-18-19-22-26-29-35-41-47-53-59-74(79)87-65-72(93-75(80)60-54-48-42-36-30-27-24-21-20-23-25-28-33-38-44-50-56-68(3)4)67-91-95(84,85)89-63-70(77)62-88-94(82,83)90-66-71(64-86-73(78)58-52-46-40-16-14-12-10-8-2)92-76(81)61-55-49-43-37-32-31-34-39-45-51-57-69(5)6/h68-72,77H,7-67H2,1-6H3,(H,82,83)(H,84,85)/t70-,71+,72+/m0/s1. The molecule has 0 amide bonds. The van der Waals surface area contributed by atoms with E-state index >= 15 is 0 Å². The minimum atomic E-state index is -4.96. The molecule has 0 saturated carbocycles. The maximum Gasteiger partial charge on any atom is 0.472 e. The monoisotopic (exact) mass is 1400 g/mol. The molecule has 17 nitrogen and oxygen atoms in total. The Hall–Kier alpha value is -1.94. The molecule has 0 spiro atoms. The first-order valence-electron chi connectivity index (χ1n) is 39.5. The van der Waals surface area contributed by atoms with Gasteiger partial charge in [0, 0.05) is 25.7 Å². The molecule has 19 heteroatoms. The summed E-state index contributed by atoms with van der Waals surface area (Å²) >= 11 is 0. The zero-order chi connectivity index (χ0) is 70.0. The third kappa shape index (κ3) is 70.3. The molecular weight excluding hydrogens is 1250 g/mol. The van der Waals surface area contributed by atoms with Gasteiger partial charge in [-0.3, -0.25) is 37.3 Å². The normalized spacial score (nSPS) is 14.0. The van der Waals surface area contributed by atoms with Gasteiger partial charge in [-0.25, -0.2) is 9.13 Å². The number of phosphoric acid groups is 2. The first-order valence-corrected chi connectivity index (χ1v) is 42.5. The van der Waals surface area contributed by atoms with Crippen LogP contribution in [0.15, 0.2) is 0 Å². The van der Waals surface area contributed by atoms with Crippen molar-refractivity contribution in [3.63, 3.8) is 0 Å².